The monoisotopic (exact) mass is 230 g/mol. The topological polar surface area (TPSA) is 35.5 Å². The van der Waals surface area contributed by atoms with Crippen LogP contribution >= 0.6 is 0 Å². The molecule has 0 fully saturated rings. The lowest BCUT2D eigenvalue weighted by atomic mass is 9.97. The number of carbonyl (C=O) groups excluding carboxylic acids is 1. The van der Waals surface area contributed by atoms with Crippen LogP contribution in [0.4, 0.5) is 0 Å². The first-order valence-corrected chi connectivity index (χ1v) is 5.95. The van der Waals surface area contributed by atoms with Crippen LogP contribution < -0.4 is 0 Å². The van der Waals surface area contributed by atoms with Gasteiger partial charge in [-0.25, -0.2) is 0 Å². The molecule has 0 bridgehead atoms. The Hall–Kier alpha value is -0.570. The molecular weight excluding hydrogens is 204 g/mol. The van der Waals surface area contributed by atoms with E-state index < -0.39 is 11.7 Å². The number of rotatable bonds is 4. The van der Waals surface area contributed by atoms with Crippen LogP contribution in [0.15, 0.2) is 0 Å². The van der Waals surface area contributed by atoms with Crippen LogP contribution in [0.1, 0.15) is 61.3 Å². The van der Waals surface area contributed by atoms with Crippen LogP contribution in [-0.2, 0) is 14.3 Å². The number of esters is 1. The molecule has 16 heavy (non-hydrogen) atoms. The molecule has 0 aliphatic heterocycles. The predicted molar refractivity (Wildman–Crippen MR) is 65.1 cm³/mol. The van der Waals surface area contributed by atoms with Gasteiger partial charge in [0, 0.05) is 6.42 Å². The summed E-state index contributed by atoms with van der Waals surface area (Å²) in [6, 6.07) is 0. The summed E-state index contributed by atoms with van der Waals surface area (Å²) in [5.74, 6) is -0.213. The Labute approximate surface area is 99.5 Å². The number of ether oxygens (including phenoxy) is 2. The van der Waals surface area contributed by atoms with Crippen molar-refractivity contribution in [3.05, 3.63) is 0 Å². The van der Waals surface area contributed by atoms with Gasteiger partial charge in [-0.2, -0.15) is 0 Å². The Morgan fingerprint density at radius 2 is 1.62 bits per heavy atom. The molecule has 0 amide bonds. The van der Waals surface area contributed by atoms with Crippen molar-refractivity contribution in [1.29, 1.82) is 0 Å². The lowest BCUT2D eigenvalue weighted by molar-refractivity contribution is -0.211. The number of carbonyl (C=O) groups is 1. The van der Waals surface area contributed by atoms with Gasteiger partial charge in [-0.05, 0) is 41.5 Å². The zero-order valence-corrected chi connectivity index (χ0v) is 11.7. The average Bonchev–Trinajstić information content (AvgIpc) is 1.99. The van der Waals surface area contributed by atoms with E-state index in [1.165, 1.54) is 0 Å². The summed E-state index contributed by atoms with van der Waals surface area (Å²) in [4.78, 5) is 11.7. The molecule has 1 unspecified atom stereocenters. The molecule has 0 aliphatic rings. The van der Waals surface area contributed by atoms with Crippen LogP contribution in [0.2, 0.25) is 0 Å². The summed E-state index contributed by atoms with van der Waals surface area (Å²) in [5.41, 5.74) is -0.773. The van der Waals surface area contributed by atoms with Crippen molar-refractivity contribution >= 4 is 5.97 Å². The largest absolute Gasteiger partial charge is 0.435 e. The van der Waals surface area contributed by atoms with E-state index in [9.17, 15) is 4.79 Å². The van der Waals surface area contributed by atoms with Gasteiger partial charge in [0.05, 0.1) is 11.0 Å². The van der Waals surface area contributed by atoms with Gasteiger partial charge in [0.1, 0.15) is 0 Å². The summed E-state index contributed by atoms with van der Waals surface area (Å²) >= 11 is 0. The summed E-state index contributed by atoms with van der Waals surface area (Å²) in [6.07, 6.45) is 1.23. The highest BCUT2D eigenvalue weighted by molar-refractivity contribution is 5.75. The maximum Gasteiger partial charge on any atom is 0.313 e. The zero-order chi connectivity index (χ0) is 13.0. The van der Waals surface area contributed by atoms with Gasteiger partial charge in [-0.3, -0.25) is 4.79 Å². The summed E-state index contributed by atoms with van der Waals surface area (Å²) in [6.45, 7) is 13.5. The molecule has 3 nitrogen and oxygen atoms in total. The summed E-state index contributed by atoms with van der Waals surface area (Å²) in [7, 11) is 0. The third kappa shape index (κ3) is 6.83. The molecule has 3 heteroatoms. The molecule has 0 radical (unpaired) electrons. The molecule has 0 aromatic carbocycles. The molecule has 0 heterocycles. The highest BCUT2D eigenvalue weighted by Crippen LogP contribution is 2.21. The Morgan fingerprint density at radius 1 is 1.12 bits per heavy atom. The van der Waals surface area contributed by atoms with E-state index in [4.69, 9.17) is 9.47 Å². The maximum atomic E-state index is 11.7. The molecule has 0 spiro atoms. The first-order chi connectivity index (χ1) is 7.06. The van der Waals surface area contributed by atoms with E-state index >= 15 is 0 Å². The quantitative estimate of drug-likeness (QED) is 0.547. The molecular formula is C13H26O3. The van der Waals surface area contributed by atoms with Crippen molar-refractivity contribution < 1.29 is 14.3 Å². The minimum absolute atomic E-state index is 0.213. The Kier molecular flexibility index (Phi) is 5.47. The minimum atomic E-state index is -0.479. The fraction of sp³-hybridized carbons (Fsp3) is 0.923. The minimum Gasteiger partial charge on any atom is -0.435 e. The smallest absolute Gasteiger partial charge is 0.313 e. The van der Waals surface area contributed by atoms with Crippen molar-refractivity contribution in [3.63, 3.8) is 0 Å². The molecule has 0 aromatic rings. The zero-order valence-electron chi connectivity index (χ0n) is 11.7. The number of hydrogen-bond acceptors (Lipinski definition) is 3. The summed E-state index contributed by atoms with van der Waals surface area (Å²) in [5, 5.41) is 0. The van der Waals surface area contributed by atoms with Gasteiger partial charge >= 0.3 is 5.97 Å². The lowest BCUT2D eigenvalue weighted by Crippen LogP contribution is -2.34. The molecule has 1 atom stereocenters. The molecule has 0 saturated carbocycles. The fourth-order valence-corrected chi connectivity index (χ4v) is 1.07. The van der Waals surface area contributed by atoms with Crippen LogP contribution in [0.3, 0.4) is 0 Å². The fourth-order valence-electron chi connectivity index (χ4n) is 1.07. The van der Waals surface area contributed by atoms with E-state index in [-0.39, 0.29) is 11.6 Å². The first-order valence-electron chi connectivity index (χ1n) is 5.95. The van der Waals surface area contributed by atoms with Crippen molar-refractivity contribution in [2.45, 2.75) is 73.2 Å². The van der Waals surface area contributed by atoms with Gasteiger partial charge in [0.15, 0.2) is 0 Å². The highest BCUT2D eigenvalue weighted by atomic mass is 16.7. The van der Waals surface area contributed by atoms with Crippen molar-refractivity contribution in [3.8, 4) is 0 Å². The Bertz CT molecular complexity index is 220. The van der Waals surface area contributed by atoms with Gasteiger partial charge in [-0.1, -0.05) is 13.3 Å². The lowest BCUT2D eigenvalue weighted by Gasteiger charge is -2.29. The van der Waals surface area contributed by atoms with Gasteiger partial charge in [0.2, 0.25) is 6.29 Å². The van der Waals surface area contributed by atoms with E-state index in [2.05, 4.69) is 0 Å². The van der Waals surface area contributed by atoms with Gasteiger partial charge < -0.3 is 9.47 Å². The molecule has 0 aliphatic carbocycles. The third-order valence-corrected chi connectivity index (χ3v) is 1.86. The second-order valence-corrected chi connectivity index (χ2v) is 6.10. The van der Waals surface area contributed by atoms with Crippen molar-refractivity contribution in [2.75, 3.05) is 0 Å². The van der Waals surface area contributed by atoms with E-state index in [0.29, 0.717) is 0 Å². The van der Waals surface area contributed by atoms with Crippen LogP contribution in [0, 0.1) is 5.41 Å². The highest BCUT2D eigenvalue weighted by Gasteiger charge is 2.28. The Balaban J connectivity index is 4.40. The maximum absolute atomic E-state index is 11.7. The van der Waals surface area contributed by atoms with Crippen LogP contribution in [0.5, 0.6) is 0 Å². The van der Waals surface area contributed by atoms with E-state index in [1.807, 2.05) is 48.5 Å². The van der Waals surface area contributed by atoms with Gasteiger partial charge in [0.25, 0.3) is 0 Å². The molecule has 0 saturated heterocycles. The second kappa shape index (κ2) is 5.67. The predicted octanol–water partition coefficient (Wildman–Crippen LogP) is 3.52. The van der Waals surface area contributed by atoms with Crippen molar-refractivity contribution in [2.24, 2.45) is 5.41 Å². The van der Waals surface area contributed by atoms with E-state index in [1.54, 1.807) is 0 Å². The molecule has 0 N–H and O–H groups in total. The normalized spacial score (nSPS) is 14.7. The van der Waals surface area contributed by atoms with Crippen LogP contribution in [-0.4, -0.2) is 17.9 Å². The number of hydrogen-bond donors (Lipinski definition) is 0. The first kappa shape index (κ1) is 15.4. The third-order valence-electron chi connectivity index (χ3n) is 1.86. The molecule has 0 aromatic heterocycles. The summed E-state index contributed by atoms with van der Waals surface area (Å²) < 4.78 is 11.1. The standard InChI is InChI=1S/C13H26O3/c1-8-9-10(16-13(5,6)7)15-11(14)12(2,3)4/h10H,8-9H2,1-7H3. The van der Waals surface area contributed by atoms with Crippen LogP contribution in [0.25, 0.3) is 0 Å². The van der Waals surface area contributed by atoms with Crippen molar-refractivity contribution in [1.82, 2.24) is 0 Å². The van der Waals surface area contributed by atoms with E-state index in [0.717, 1.165) is 12.8 Å². The Morgan fingerprint density at radius 3 is 1.94 bits per heavy atom. The SMILES string of the molecule is CCCC(OC(=O)C(C)(C)C)OC(C)(C)C. The molecule has 96 valence electrons. The molecule has 0 rings (SSSR count). The average molecular weight is 230 g/mol. The van der Waals surface area contributed by atoms with Gasteiger partial charge in [-0.15, -0.1) is 0 Å². The second-order valence-electron chi connectivity index (χ2n) is 6.10.